The zero-order chi connectivity index (χ0) is 13.7. The molecule has 0 aliphatic carbocycles. The third-order valence-electron chi connectivity index (χ3n) is 3.16. The Morgan fingerprint density at radius 1 is 1.05 bits per heavy atom. The van der Waals surface area contributed by atoms with Crippen LogP contribution in [0.3, 0.4) is 0 Å². The minimum absolute atomic E-state index is 0.340. The topological polar surface area (TPSA) is 12.0 Å². The molecule has 2 aromatic rings. The first-order valence-electron chi connectivity index (χ1n) is 6.39. The lowest BCUT2D eigenvalue weighted by molar-refractivity contribution is 0.577. The van der Waals surface area contributed by atoms with Crippen LogP contribution in [0.1, 0.15) is 24.1 Å². The van der Waals surface area contributed by atoms with E-state index in [0.29, 0.717) is 11.1 Å². The second-order valence-electron chi connectivity index (χ2n) is 4.57. The van der Waals surface area contributed by atoms with Gasteiger partial charge in [0.2, 0.25) is 0 Å². The molecule has 0 heterocycles. The summed E-state index contributed by atoms with van der Waals surface area (Å²) in [6.45, 7) is 3.05. The number of halogens is 2. The minimum atomic E-state index is 0.340. The maximum atomic E-state index is 6.15. The number of hydrogen-bond acceptors (Lipinski definition) is 1. The van der Waals surface area contributed by atoms with Crippen molar-refractivity contribution in [2.24, 2.45) is 0 Å². The summed E-state index contributed by atoms with van der Waals surface area (Å²) in [5.74, 6) is 0. The maximum Gasteiger partial charge on any atom is 0.0453 e. The largest absolute Gasteiger partial charge is 0.310 e. The summed E-state index contributed by atoms with van der Waals surface area (Å²) < 4.78 is 0. The molecule has 0 saturated heterocycles. The van der Waals surface area contributed by atoms with E-state index in [9.17, 15) is 0 Å². The molecule has 0 bridgehead atoms. The molecule has 0 saturated carbocycles. The Kier molecular flexibility index (Phi) is 5.26. The van der Waals surface area contributed by atoms with E-state index < -0.39 is 0 Å². The SMILES string of the molecule is CC(NCCc1ccc(Cl)cc1Cl)c1ccccc1. The molecule has 0 radical (unpaired) electrons. The fourth-order valence-corrected chi connectivity index (χ4v) is 2.51. The van der Waals surface area contributed by atoms with Crippen LogP contribution >= 0.6 is 23.2 Å². The fraction of sp³-hybridized carbons (Fsp3) is 0.250. The first-order chi connectivity index (χ1) is 9.16. The van der Waals surface area contributed by atoms with Gasteiger partial charge in [0.15, 0.2) is 0 Å². The van der Waals surface area contributed by atoms with Gasteiger partial charge in [0.25, 0.3) is 0 Å². The number of benzene rings is 2. The number of rotatable bonds is 5. The summed E-state index contributed by atoms with van der Waals surface area (Å²) in [6.07, 6.45) is 0.896. The van der Waals surface area contributed by atoms with Gasteiger partial charge in [-0.1, -0.05) is 59.6 Å². The van der Waals surface area contributed by atoms with E-state index in [0.717, 1.165) is 23.6 Å². The van der Waals surface area contributed by atoms with Crippen molar-refractivity contribution in [1.29, 1.82) is 0 Å². The molecule has 1 unspecified atom stereocenters. The van der Waals surface area contributed by atoms with Crippen molar-refractivity contribution in [2.45, 2.75) is 19.4 Å². The highest BCUT2D eigenvalue weighted by Crippen LogP contribution is 2.21. The maximum absolute atomic E-state index is 6.15. The van der Waals surface area contributed by atoms with Crippen molar-refractivity contribution < 1.29 is 0 Å². The predicted octanol–water partition coefficient (Wildman–Crippen LogP) is 4.89. The monoisotopic (exact) mass is 293 g/mol. The van der Waals surface area contributed by atoms with Gasteiger partial charge in [0.1, 0.15) is 0 Å². The molecule has 0 aliphatic rings. The van der Waals surface area contributed by atoms with Gasteiger partial charge in [-0.2, -0.15) is 0 Å². The van der Waals surface area contributed by atoms with Crippen molar-refractivity contribution in [1.82, 2.24) is 5.32 Å². The van der Waals surface area contributed by atoms with Gasteiger partial charge in [-0.3, -0.25) is 0 Å². The van der Waals surface area contributed by atoms with Crippen LogP contribution < -0.4 is 5.32 Å². The minimum Gasteiger partial charge on any atom is -0.310 e. The van der Waals surface area contributed by atoms with Crippen molar-refractivity contribution in [3.8, 4) is 0 Å². The highest BCUT2D eigenvalue weighted by molar-refractivity contribution is 6.35. The quantitative estimate of drug-likeness (QED) is 0.828. The molecule has 1 atom stereocenters. The van der Waals surface area contributed by atoms with Crippen LogP contribution in [0.25, 0.3) is 0 Å². The molecule has 0 aliphatic heterocycles. The summed E-state index contributed by atoms with van der Waals surface area (Å²) in [7, 11) is 0. The Balaban J connectivity index is 1.86. The van der Waals surface area contributed by atoms with Crippen LogP contribution in [0.15, 0.2) is 48.5 Å². The molecule has 2 aromatic carbocycles. The van der Waals surface area contributed by atoms with Crippen LogP contribution in [-0.4, -0.2) is 6.54 Å². The predicted molar refractivity (Wildman–Crippen MR) is 83.0 cm³/mol. The molecule has 3 heteroatoms. The Hall–Kier alpha value is -1.02. The second-order valence-corrected chi connectivity index (χ2v) is 5.42. The fourth-order valence-electron chi connectivity index (χ4n) is 2.01. The van der Waals surface area contributed by atoms with Crippen LogP contribution in [0.4, 0.5) is 0 Å². The normalized spacial score (nSPS) is 12.4. The average molecular weight is 294 g/mol. The van der Waals surface area contributed by atoms with Crippen molar-refractivity contribution in [3.05, 3.63) is 69.7 Å². The Bertz CT molecular complexity index is 526. The summed E-state index contributed by atoms with van der Waals surface area (Å²) >= 11 is 12.0. The molecule has 0 aromatic heterocycles. The smallest absolute Gasteiger partial charge is 0.0453 e. The third kappa shape index (κ3) is 4.24. The molecule has 1 N–H and O–H groups in total. The van der Waals surface area contributed by atoms with Gasteiger partial charge < -0.3 is 5.32 Å². The number of hydrogen-bond donors (Lipinski definition) is 1. The van der Waals surface area contributed by atoms with E-state index in [1.54, 1.807) is 6.07 Å². The Morgan fingerprint density at radius 3 is 2.47 bits per heavy atom. The first kappa shape index (κ1) is 14.4. The summed E-state index contributed by atoms with van der Waals surface area (Å²) in [5.41, 5.74) is 2.42. The summed E-state index contributed by atoms with van der Waals surface area (Å²) in [4.78, 5) is 0. The van der Waals surface area contributed by atoms with Gasteiger partial charge in [0.05, 0.1) is 0 Å². The Labute approximate surface area is 124 Å². The molecular formula is C16H17Cl2N. The van der Waals surface area contributed by atoms with Crippen LogP contribution in [0, 0.1) is 0 Å². The molecule has 19 heavy (non-hydrogen) atoms. The van der Waals surface area contributed by atoms with Crippen LogP contribution in [-0.2, 0) is 6.42 Å². The van der Waals surface area contributed by atoms with Crippen molar-refractivity contribution in [3.63, 3.8) is 0 Å². The molecule has 2 rings (SSSR count). The third-order valence-corrected chi connectivity index (χ3v) is 3.75. The summed E-state index contributed by atoms with van der Waals surface area (Å²) in [5, 5.41) is 4.92. The summed E-state index contributed by atoms with van der Waals surface area (Å²) in [6, 6.07) is 16.4. The van der Waals surface area contributed by atoms with E-state index in [4.69, 9.17) is 23.2 Å². The average Bonchev–Trinajstić information content (AvgIpc) is 2.42. The molecule has 0 amide bonds. The molecule has 100 valence electrons. The van der Waals surface area contributed by atoms with Crippen molar-refractivity contribution in [2.75, 3.05) is 6.54 Å². The molecule has 0 spiro atoms. The molecule has 0 fully saturated rings. The van der Waals surface area contributed by atoms with Crippen molar-refractivity contribution >= 4 is 23.2 Å². The lowest BCUT2D eigenvalue weighted by Crippen LogP contribution is -2.21. The standard InChI is InChI=1S/C16H17Cl2N/c1-12(13-5-3-2-4-6-13)19-10-9-14-7-8-15(17)11-16(14)18/h2-8,11-12,19H,9-10H2,1H3. The van der Waals surface area contributed by atoms with Gasteiger partial charge in [-0.05, 0) is 43.1 Å². The number of nitrogens with one attached hydrogen (secondary N) is 1. The van der Waals surface area contributed by atoms with E-state index >= 15 is 0 Å². The first-order valence-corrected chi connectivity index (χ1v) is 7.14. The van der Waals surface area contributed by atoms with E-state index in [1.165, 1.54) is 5.56 Å². The van der Waals surface area contributed by atoms with Crippen LogP contribution in [0.2, 0.25) is 10.0 Å². The van der Waals surface area contributed by atoms with E-state index in [1.807, 2.05) is 18.2 Å². The van der Waals surface area contributed by atoms with Gasteiger partial charge in [-0.15, -0.1) is 0 Å². The molecule has 1 nitrogen and oxygen atoms in total. The second kappa shape index (κ2) is 6.95. The van der Waals surface area contributed by atoms with Gasteiger partial charge in [0, 0.05) is 16.1 Å². The zero-order valence-electron chi connectivity index (χ0n) is 10.9. The van der Waals surface area contributed by atoms with E-state index in [2.05, 4.69) is 36.5 Å². The van der Waals surface area contributed by atoms with Gasteiger partial charge in [-0.25, -0.2) is 0 Å². The van der Waals surface area contributed by atoms with E-state index in [-0.39, 0.29) is 0 Å². The highest BCUT2D eigenvalue weighted by atomic mass is 35.5. The van der Waals surface area contributed by atoms with Crippen LogP contribution in [0.5, 0.6) is 0 Å². The van der Waals surface area contributed by atoms with Gasteiger partial charge >= 0.3 is 0 Å². The molecular weight excluding hydrogens is 277 g/mol. The lowest BCUT2D eigenvalue weighted by atomic mass is 10.1. The lowest BCUT2D eigenvalue weighted by Gasteiger charge is -2.14. The zero-order valence-corrected chi connectivity index (χ0v) is 12.4. The highest BCUT2D eigenvalue weighted by Gasteiger charge is 2.05. The Morgan fingerprint density at radius 2 is 1.79 bits per heavy atom.